The molecule has 0 radical (unpaired) electrons. The predicted molar refractivity (Wildman–Crippen MR) is 85.9 cm³/mol. The molecular weight excluding hydrogens is 265 g/mol. The quantitative estimate of drug-likeness (QED) is 0.919. The summed E-state index contributed by atoms with van der Waals surface area (Å²) in [7, 11) is 0. The fraction of sp³-hybridized carbons (Fsp3) is 0.706. The van der Waals surface area contributed by atoms with Crippen molar-refractivity contribution in [3.05, 3.63) is 23.6 Å². The van der Waals surface area contributed by atoms with Crippen molar-refractivity contribution in [1.82, 2.24) is 10.3 Å². The maximum atomic E-state index is 14.7. The zero-order valence-corrected chi connectivity index (χ0v) is 13.9. The van der Waals surface area contributed by atoms with Gasteiger partial charge in [0.25, 0.3) is 0 Å². The van der Waals surface area contributed by atoms with Gasteiger partial charge in [0.05, 0.1) is 0 Å². The van der Waals surface area contributed by atoms with Gasteiger partial charge in [-0.2, -0.15) is 0 Å². The van der Waals surface area contributed by atoms with Gasteiger partial charge in [0, 0.05) is 37.4 Å². The molecule has 2 rings (SSSR count). The SMILES string of the molecule is CC(C)NCc1ccnc(N2CCC(C(C)(C)C)C2)c1F. The zero-order chi connectivity index (χ0) is 15.6. The summed E-state index contributed by atoms with van der Waals surface area (Å²) in [6.07, 6.45) is 2.83. The Morgan fingerprint density at radius 2 is 2.14 bits per heavy atom. The topological polar surface area (TPSA) is 28.2 Å². The molecule has 0 aliphatic carbocycles. The molecule has 0 bridgehead atoms. The smallest absolute Gasteiger partial charge is 0.170 e. The lowest BCUT2D eigenvalue weighted by Crippen LogP contribution is -2.28. The number of pyridine rings is 1. The molecule has 1 unspecified atom stereocenters. The Morgan fingerprint density at radius 1 is 1.43 bits per heavy atom. The van der Waals surface area contributed by atoms with Gasteiger partial charge in [0.1, 0.15) is 0 Å². The van der Waals surface area contributed by atoms with E-state index in [9.17, 15) is 4.39 Å². The fourth-order valence-electron chi connectivity index (χ4n) is 2.80. The number of rotatable bonds is 4. The van der Waals surface area contributed by atoms with Gasteiger partial charge < -0.3 is 10.2 Å². The molecule has 0 aromatic carbocycles. The van der Waals surface area contributed by atoms with Crippen molar-refractivity contribution in [3.8, 4) is 0 Å². The van der Waals surface area contributed by atoms with Crippen LogP contribution in [-0.2, 0) is 6.54 Å². The molecular formula is C17H28FN3. The molecule has 2 heterocycles. The van der Waals surface area contributed by atoms with E-state index in [0.29, 0.717) is 29.9 Å². The molecule has 4 heteroatoms. The minimum absolute atomic E-state index is 0.166. The van der Waals surface area contributed by atoms with E-state index in [-0.39, 0.29) is 11.2 Å². The second-order valence-corrected chi connectivity index (χ2v) is 7.44. The molecule has 21 heavy (non-hydrogen) atoms. The summed E-state index contributed by atoms with van der Waals surface area (Å²) in [6, 6.07) is 2.11. The first-order valence-electron chi connectivity index (χ1n) is 7.90. The minimum Gasteiger partial charge on any atom is -0.354 e. The Labute approximate surface area is 127 Å². The number of anilines is 1. The number of nitrogens with one attached hydrogen (secondary N) is 1. The molecule has 0 spiro atoms. The third-order valence-corrected chi connectivity index (χ3v) is 4.36. The van der Waals surface area contributed by atoms with E-state index in [4.69, 9.17) is 0 Å². The van der Waals surface area contributed by atoms with Crippen molar-refractivity contribution in [3.63, 3.8) is 0 Å². The van der Waals surface area contributed by atoms with Crippen molar-refractivity contribution in [1.29, 1.82) is 0 Å². The molecule has 1 N–H and O–H groups in total. The van der Waals surface area contributed by atoms with E-state index in [0.717, 1.165) is 19.5 Å². The average molecular weight is 293 g/mol. The summed E-state index contributed by atoms with van der Waals surface area (Å²) in [5.74, 6) is 0.946. The molecule has 1 aromatic rings. The van der Waals surface area contributed by atoms with Crippen LogP contribution in [0.1, 0.15) is 46.6 Å². The minimum atomic E-state index is -0.166. The van der Waals surface area contributed by atoms with Crippen molar-refractivity contribution in [2.24, 2.45) is 11.3 Å². The van der Waals surface area contributed by atoms with Gasteiger partial charge in [-0.25, -0.2) is 9.37 Å². The van der Waals surface area contributed by atoms with Crippen LogP contribution in [-0.4, -0.2) is 24.1 Å². The van der Waals surface area contributed by atoms with Crippen LogP contribution in [0.4, 0.5) is 10.2 Å². The highest BCUT2D eigenvalue weighted by atomic mass is 19.1. The summed E-state index contributed by atoms with van der Waals surface area (Å²) >= 11 is 0. The Morgan fingerprint density at radius 3 is 2.71 bits per heavy atom. The molecule has 0 saturated carbocycles. The van der Waals surface area contributed by atoms with E-state index < -0.39 is 0 Å². The van der Waals surface area contributed by atoms with Gasteiger partial charge >= 0.3 is 0 Å². The molecule has 1 aliphatic heterocycles. The molecule has 118 valence electrons. The Balaban J connectivity index is 2.12. The average Bonchev–Trinajstić information content (AvgIpc) is 2.86. The Hall–Kier alpha value is -1.16. The highest BCUT2D eigenvalue weighted by Crippen LogP contribution is 2.35. The van der Waals surface area contributed by atoms with Crippen LogP contribution >= 0.6 is 0 Å². The van der Waals surface area contributed by atoms with E-state index in [1.54, 1.807) is 12.3 Å². The fourth-order valence-corrected chi connectivity index (χ4v) is 2.80. The predicted octanol–water partition coefficient (Wildman–Crippen LogP) is 3.59. The van der Waals surface area contributed by atoms with Crippen molar-refractivity contribution in [2.45, 2.75) is 53.6 Å². The second-order valence-electron chi connectivity index (χ2n) is 7.44. The summed E-state index contributed by atoms with van der Waals surface area (Å²) in [5.41, 5.74) is 0.968. The third-order valence-electron chi connectivity index (χ3n) is 4.36. The highest BCUT2D eigenvalue weighted by Gasteiger charge is 2.33. The molecule has 1 fully saturated rings. The zero-order valence-electron chi connectivity index (χ0n) is 13.9. The summed E-state index contributed by atoms with van der Waals surface area (Å²) < 4.78 is 14.7. The number of hydrogen-bond donors (Lipinski definition) is 1. The van der Waals surface area contributed by atoms with Crippen LogP contribution in [0.2, 0.25) is 0 Å². The third kappa shape index (κ3) is 3.94. The van der Waals surface area contributed by atoms with Gasteiger partial charge in [-0.3, -0.25) is 0 Å². The van der Waals surface area contributed by atoms with Gasteiger partial charge in [-0.1, -0.05) is 34.6 Å². The monoisotopic (exact) mass is 293 g/mol. The van der Waals surface area contributed by atoms with Gasteiger partial charge in [-0.15, -0.1) is 0 Å². The van der Waals surface area contributed by atoms with Gasteiger partial charge in [-0.05, 0) is 23.8 Å². The van der Waals surface area contributed by atoms with Crippen molar-refractivity contribution >= 4 is 5.82 Å². The van der Waals surface area contributed by atoms with Crippen LogP contribution in [0, 0.1) is 17.2 Å². The molecule has 1 aromatic heterocycles. The summed E-state index contributed by atoms with van der Waals surface area (Å²) in [4.78, 5) is 6.39. The lowest BCUT2D eigenvalue weighted by Gasteiger charge is -2.27. The normalized spacial score (nSPS) is 19.6. The van der Waals surface area contributed by atoms with Crippen LogP contribution in [0.15, 0.2) is 12.3 Å². The van der Waals surface area contributed by atoms with Gasteiger partial charge in [0.15, 0.2) is 11.6 Å². The molecule has 1 aliphatic rings. The van der Waals surface area contributed by atoms with Crippen molar-refractivity contribution in [2.75, 3.05) is 18.0 Å². The largest absolute Gasteiger partial charge is 0.354 e. The highest BCUT2D eigenvalue weighted by molar-refractivity contribution is 5.44. The number of aromatic nitrogens is 1. The van der Waals surface area contributed by atoms with Crippen molar-refractivity contribution < 1.29 is 4.39 Å². The standard InChI is InChI=1S/C17H28FN3/c1-12(2)20-10-13-6-8-19-16(15(13)18)21-9-7-14(11-21)17(3,4)5/h6,8,12,14,20H,7,9-11H2,1-5H3. The van der Waals surface area contributed by atoms with Gasteiger partial charge in [0.2, 0.25) is 0 Å². The summed E-state index contributed by atoms with van der Waals surface area (Å²) in [5, 5.41) is 3.27. The van der Waals surface area contributed by atoms with E-state index in [2.05, 4.69) is 49.8 Å². The van der Waals surface area contributed by atoms with Crippen LogP contribution in [0.3, 0.4) is 0 Å². The van der Waals surface area contributed by atoms with Crippen LogP contribution < -0.4 is 10.2 Å². The first-order valence-corrected chi connectivity index (χ1v) is 7.90. The molecule has 1 atom stereocenters. The number of nitrogens with zero attached hydrogens (tertiary/aromatic N) is 2. The van der Waals surface area contributed by atoms with Crippen LogP contribution in [0.25, 0.3) is 0 Å². The molecule has 3 nitrogen and oxygen atoms in total. The molecule has 1 saturated heterocycles. The van der Waals surface area contributed by atoms with E-state index in [1.807, 2.05) is 0 Å². The van der Waals surface area contributed by atoms with E-state index in [1.165, 1.54) is 0 Å². The Bertz CT molecular complexity index is 479. The number of hydrogen-bond acceptors (Lipinski definition) is 3. The Kier molecular flexibility index (Phi) is 4.87. The summed E-state index contributed by atoms with van der Waals surface area (Å²) in [6.45, 7) is 13.2. The maximum Gasteiger partial charge on any atom is 0.170 e. The second kappa shape index (κ2) is 6.30. The maximum absolute atomic E-state index is 14.7. The lowest BCUT2D eigenvalue weighted by molar-refractivity contribution is 0.263. The van der Waals surface area contributed by atoms with E-state index >= 15 is 0 Å². The first kappa shape index (κ1) is 16.2. The lowest BCUT2D eigenvalue weighted by atomic mass is 9.80. The first-order chi connectivity index (χ1) is 9.79. The molecule has 0 amide bonds. The van der Waals surface area contributed by atoms with Crippen LogP contribution in [0.5, 0.6) is 0 Å². The number of halogens is 1.